The van der Waals surface area contributed by atoms with E-state index in [-0.39, 0.29) is 17.7 Å². The average molecular weight is 390 g/mol. The van der Waals surface area contributed by atoms with Gasteiger partial charge in [0.25, 0.3) is 15.6 Å². The molecule has 0 bridgehead atoms. The van der Waals surface area contributed by atoms with Crippen molar-refractivity contribution in [1.29, 1.82) is 0 Å². The molecule has 3 heterocycles. The van der Waals surface area contributed by atoms with Gasteiger partial charge in [0.1, 0.15) is 0 Å². The lowest BCUT2D eigenvalue weighted by atomic mass is 9.89. The summed E-state index contributed by atoms with van der Waals surface area (Å²) in [7, 11) is -2.10. The summed E-state index contributed by atoms with van der Waals surface area (Å²) in [4.78, 5) is 30.1. The second kappa shape index (κ2) is 6.07. The molecule has 0 spiro atoms. The minimum atomic E-state index is -4.13. The summed E-state index contributed by atoms with van der Waals surface area (Å²) in [6.45, 7) is 4.95. The quantitative estimate of drug-likeness (QED) is 0.784. The van der Waals surface area contributed by atoms with Crippen LogP contribution in [0.4, 0.5) is 5.69 Å². The summed E-state index contributed by atoms with van der Waals surface area (Å²) >= 11 is 0. The summed E-state index contributed by atoms with van der Waals surface area (Å²) in [6, 6.07) is 5.49. The van der Waals surface area contributed by atoms with Gasteiger partial charge in [-0.25, -0.2) is 13.2 Å². The summed E-state index contributed by atoms with van der Waals surface area (Å²) in [6.07, 6.45) is 0.675. The summed E-state index contributed by atoms with van der Waals surface area (Å²) in [5.74, 6) is 0.0515. The third-order valence-electron chi connectivity index (χ3n) is 5.49. The van der Waals surface area contributed by atoms with Crippen molar-refractivity contribution < 1.29 is 8.42 Å². The Morgan fingerprint density at radius 2 is 1.89 bits per heavy atom. The molecule has 0 aliphatic carbocycles. The molecule has 1 aromatic heterocycles. The Labute approximate surface area is 156 Å². The van der Waals surface area contributed by atoms with E-state index < -0.39 is 26.2 Å². The lowest BCUT2D eigenvalue weighted by molar-refractivity contribution is 0.237. The van der Waals surface area contributed by atoms with Gasteiger partial charge < -0.3 is 9.88 Å². The molecular weight excluding hydrogens is 368 g/mol. The minimum Gasteiger partial charge on any atom is -0.310 e. The van der Waals surface area contributed by atoms with Crippen molar-refractivity contribution in [3.05, 3.63) is 55.9 Å². The van der Waals surface area contributed by atoms with Crippen molar-refractivity contribution in [2.45, 2.75) is 37.1 Å². The highest BCUT2D eigenvalue weighted by molar-refractivity contribution is 7.93. The van der Waals surface area contributed by atoms with Gasteiger partial charge in [-0.3, -0.25) is 14.1 Å². The number of hydrogen-bond donors (Lipinski definition) is 2. The largest absolute Gasteiger partial charge is 0.325 e. The van der Waals surface area contributed by atoms with E-state index in [1.54, 1.807) is 0 Å². The molecule has 1 saturated heterocycles. The van der Waals surface area contributed by atoms with Crippen LogP contribution in [0, 0.1) is 13.8 Å². The van der Waals surface area contributed by atoms with Crippen LogP contribution in [0.2, 0.25) is 0 Å². The van der Waals surface area contributed by atoms with Crippen LogP contribution in [-0.2, 0) is 10.0 Å². The molecule has 0 radical (unpaired) electrons. The van der Waals surface area contributed by atoms with E-state index in [0.29, 0.717) is 12.1 Å². The molecule has 144 valence electrons. The number of aromatic amines is 2. The molecule has 2 aliphatic rings. The first kappa shape index (κ1) is 18.0. The summed E-state index contributed by atoms with van der Waals surface area (Å²) in [5, 5.41) is 0. The lowest BCUT2D eigenvalue weighted by Crippen LogP contribution is -2.48. The molecule has 8 nitrogen and oxygen atoms in total. The molecule has 0 amide bonds. The zero-order valence-corrected chi connectivity index (χ0v) is 16.3. The summed E-state index contributed by atoms with van der Waals surface area (Å²) < 4.78 is 28.5. The van der Waals surface area contributed by atoms with Crippen molar-refractivity contribution in [3.63, 3.8) is 0 Å². The van der Waals surface area contributed by atoms with Gasteiger partial charge in [0.15, 0.2) is 4.90 Å². The number of nitrogens with zero attached hydrogens (tertiary/aromatic N) is 2. The Bertz CT molecular complexity index is 1130. The number of likely N-dealkylation sites (tertiary alicyclic amines) is 1. The maximum atomic E-state index is 13.5. The van der Waals surface area contributed by atoms with Gasteiger partial charge in [0, 0.05) is 18.2 Å². The maximum absolute atomic E-state index is 13.5. The molecule has 27 heavy (non-hydrogen) atoms. The second-order valence-corrected chi connectivity index (χ2v) is 9.20. The van der Waals surface area contributed by atoms with Crippen molar-refractivity contribution in [1.82, 2.24) is 14.9 Å². The van der Waals surface area contributed by atoms with Crippen LogP contribution in [0.3, 0.4) is 0 Å². The smallest absolute Gasteiger partial charge is 0.310 e. The van der Waals surface area contributed by atoms with Crippen LogP contribution in [0.25, 0.3) is 0 Å². The first-order chi connectivity index (χ1) is 12.7. The minimum absolute atomic E-state index is 0.0498. The topological polar surface area (TPSA) is 106 Å². The third kappa shape index (κ3) is 2.72. The number of likely N-dealkylation sites (N-methyl/N-ethyl adjacent to an activating group) is 1. The number of rotatable bonds is 2. The zero-order chi connectivity index (χ0) is 19.5. The molecule has 1 fully saturated rings. The molecule has 2 N–H and O–H groups in total. The van der Waals surface area contributed by atoms with Crippen molar-refractivity contribution in [2.24, 2.45) is 0 Å². The highest BCUT2D eigenvalue weighted by atomic mass is 32.2. The predicted octanol–water partition coefficient (Wildman–Crippen LogP) is 0.677. The van der Waals surface area contributed by atoms with E-state index >= 15 is 0 Å². The molecule has 1 aromatic carbocycles. The normalized spacial score (nSPS) is 22.6. The molecule has 2 aromatic rings. The molecule has 0 unspecified atom stereocenters. The number of anilines is 1. The monoisotopic (exact) mass is 390 g/mol. The number of aromatic nitrogens is 2. The standard InChI is InChI=1S/C18H22N4O4S/c1-10-4-5-14-12(8-10)13-9-21(3)7-6-15(13)22(14)27(25,26)16-11(2)19-18(24)20-17(16)23/h4-5,8,13,15H,6-7,9H2,1-3H3,(H2,19,20,23,24)/t13-,15-/m0/s1. The van der Waals surface area contributed by atoms with E-state index in [0.717, 1.165) is 24.2 Å². The number of benzene rings is 1. The fourth-order valence-corrected chi connectivity index (χ4v) is 6.30. The third-order valence-corrected chi connectivity index (χ3v) is 7.49. The molecule has 2 aliphatic heterocycles. The van der Waals surface area contributed by atoms with E-state index in [1.807, 2.05) is 37.2 Å². The van der Waals surface area contributed by atoms with Crippen LogP contribution >= 0.6 is 0 Å². The Hall–Kier alpha value is -2.39. The lowest BCUT2D eigenvalue weighted by Gasteiger charge is -2.36. The number of piperidine rings is 1. The number of sulfonamides is 1. The highest BCUT2D eigenvalue weighted by Gasteiger charge is 2.47. The van der Waals surface area contributed by atoms with Gasteiger partial charge in [-0.15, -0.1) is 0 Å². The highest BCUT2D eigenvalue weighted by Crippen LogP contribution is 2.47. The van der Waals surface area contributed by atoms with Gasteiger partial charge in [-0.1, -0.05) is 17.7 Å². The van der Waals surface area contributed by atoms with Gasteiger partial charge in [-0.05, 0) is 45.5 Å². The predicted molar refractivity (Wildman–Crippen MR) is 102 cm³/mol. The Morgan fingerprint density at radius 3 is 2.59 bits per heavy atom. The average Bonchev–Trinajstić information content (AvgIpc) is 2.87. The molecule has 2 atom stereocenters. The van der Waals surface area contributed by atoms with E-state index in [9.17, 15) is 18.0 Å². The van der Waals surface area contributed by atoms with E-state index in [4.69, 9.17) is 0 Å². The van der Waals surface area contributed by atoms with E-state index in [2.05, 4.69) is 9.88 Å². The zero-order valence-electron chi connectivity index (χ0n) is 15.4. The SMILES string of the molecule is Cc1ccc2c(c1)[C@@H]1CN(C)CC[C@@H]1N2S(=O)(=O)c1c(C)[nH]c(=O)[nH]c1=O. The van der Waals surface area contributed by atoms with Crippen LogP contribution in [-0.4, -0.2) is 49.5 Å². The Balaban J connectivity index is 1.93. The maximum Gasteiger partial charge on any atom is 0.325 e. The van der Waals surface area contributed by atoms with Crippen molar-refractivity contribution >= 4 is 15.7 Å². The number of fused-ring (bicyclic) bond motifs is 3. The van der Waals surface area contributed by atoms with Gasteiger partial charge in [0.05, 0.1) is 11.7 Å². The van der Waals surface area contributed by atoms with Crippen molar-refractivity contribution in [2.75, 3.05) is 24.4 Å². The molecular formula is C18H22N4O4S. The van der Waals surface area contributed by atoms with Crippen molar-refractivity contribution in [3.8, 4) is 0 Å². The van der Waals surface area contributed by atoms with Gasteiger partial charge in [-0.2, -0.15) is 0 Å². The summed E-state index contributed by atoms with van der Waals surface area (Å²) in [5.41, 5.74) is 1.13. The molecule has 9 heteroatoms. The fraction of sp³-hybridized carbons (Fsp3) is 0.444. The number of hydrogen-bond acceptors (Lipinski definition) is 5. The number of H-pyrrole nitrogens is 2. The molecule has 0 saturated carbocycles. The van der Waals surface area contributed by atoms with Crippen LogP contribution < -0.4 is 15.6 Å². The Kier molecular flexibility index (Phi) is 4.04. The van der Waals surface area contributed by atoms with Crippen LogP contribution in [0.5, 0.6) is 0 Å². The van der Waals surface area contributed by atoms with E-state index in [1.165, 1.54) is 11.2 Å². The van der Waals surface area contributed by atoms with Gasteiger partial charge >= 0.3 is 5.69 Å². The Morgan fingerprint density at radius 1 is 1.15 bits per heavy atom. The second-order valence-electron chi connectivity index (χ2n) is 7.45. The van der Waals surface area contributed by atoms with Gasteiger partial charge in [0.2, 0.25) is 0 Å². The van der Waals surface area contributed by atoms with Crippen LogP contribution in [0.1, 0.15) is 29.2 Å². The number of nitrogens with one attached hydrogen (secondary N) is 2. The van der Waals surface area contributed by atoms with Crippen LogP contribution in [0.15, 0.2) is 32.7 Å². The fourth-order valence-electron chi connectivity index (χ4n) is 4.34. The first-order valence-corrected chi connectivity index (χ1v) is 10.3. The molecule has 4 rings (SSSR count). The number of aryl methyl sites for hydroxylation is 2. The first-order valence-electron chi connectivity index (χ1n) is 8.87.